The van der Waals surface area contributed by atoms with Gasteiger partial charge in [-0.3, -0.25) is 20.2 Å². The van der Waals surface area contributed by atoms with Gasteiger partial charge in [0.2, 0.25) is 0 Å². The van der Waals surface area contributed by atoms with Crippen LogP contribution >= 0.6 is 0 Å². The minimum atomic E-state index is -4.57. The first kappa shape index (κ1) is 22.4. The molecule has 1 saturated heterocycles. The highest BCUT2D eigenvalue weighted by Crippen LogP contribution is 2.40. The van der Waals surface area contributed by atoms with Crippen LogP contribution in [0.2, 0.25) is 0 Å². The molecule has 2 amide bonds. The number of fused-ring (bicyclic) bond motifs is 4. The van der Waals surface area contributed by atoms with E-state index in [-0.39, 0.29) is 17.4 Å². The zero-order chi connectivity index (χ0) is 23.6. The number of hydrogen-bond donors (Lipinski definition) is 1. The lowest BCUT2D eigenvalue weighted by Crippen LogP contribution is -2.57. The van der Waals surface area contributed by atoms with E-state index in [4.69, 9.17) is 0 Å². The summed E-state index contributed by atoms with van der Waals surface area (Å²) in [5, 5.41) is 2.72. The van der Waals surface area contributed by atoms with Crippen LogP contribution in [0, 0.1) is 0 Å². The minimum absolute atomic E-state index is 0.138. The van der Waals surface area contributed by atoms with Gasteiger partial charge in [-0.05, 0) is 50.7 Å². The molecule has 172 valence electrons. The fourth-order valence-electron chi connectivity index (χ4n) is 4.08. The molecule has 0 spiro atoms. The third-order valence-electron chi connectivity index (χ3n) is 5.47. The molecule has 1 fully saturated rings. The van der Waals surface area contributed by atoms with E-state index in [9.17, 15) is 18.0 Å². The van der Waals surface area contributed by atoms with Crippen molar-refractivity contribution in [3.05, 3.63) is 48.2 Å². The van der Waals surface area contributed by atoms with Gasteiger partial charge in [-0.1, -0.05) is 0 Å². The Morgan fingerprint density at radius 3 is 2.88 bits per heavy atom. The lowest BCUT2D eigenvalue weighted by molar-refractivity contribution is -0.141. The summed E-state index contributed by atoms with van der Waals surface area (Å²) in [5.41, 5.74) is 0.328. The summed E-state index contributed by atoms with van der Waals surface area (Å²) in [7, 11) is 0. The maximum absolute atomic E-state index is 13.3. The summed E-state index contributed by atoms with van der Waals surface area (Å²) >= 11 is 0. The monoisotopic (exact) mass is 457 g/mol. The van der Waals surface area contributed by atoms with Gasteiger partial charge in [-0.15, -0.1) is 0 Å². The van der Waals surface area contributed by atoms with Crippen LogP contribution in [0.15, 0.2) is 52.5 Å². The first-order valence-electron chi connectivity index (χ1n) is 10.4. The summed E-state index contributed by atoms with van der Waals surface area (Å²) in [4.78, 5) is 32.8. The van der Waals surface area contributed by atoms with Crippen LogP contribution in [0.1, 0.15) is 25.5 Å². The summed E-state index contributed by atoms with van der Waals surface area (Å²) in [6.45, 7) is 6.56. The van der Waals surface area contributed by atoms with Crippen molar-refractivity contribution in [3.8, 4) is 11.3 Å². The number of aliphatic imine (C=N–C) groups is 2. The number of alkyl halides is 3. The summed E-state index contributed by atoms with van der Waals surface area (Å²) in [6.07, 6.45) is 1.05. The van der Waals surface area contributed by atoms with E-state index in [0.717, 1.165) is 37.3 Å². The maximum atomic E-state index is 13.3. The molecule has 11 heteroatoms. The van der Waals surface area contributed by atoms with Crippen molar-refractivity contribution in [2.45, 2.75) is 32.0 Å². The van der Waals surface area contributed by atoms with Crippen LogP contribution in [0.5, 0.6) is 0 Å². The molecule has 2 aliphatic heterocycles. The predicted molar refractivity (Wildman–Crippen MR) is 121 cm³/mol. The smallest absolute Gasteiger partial charge is 0.366 e. The van der Waals surface area contributed by atoms with Crippen LogP contribution in [-0.2, 0) is 6.18 Å². The van der Waals surface area contributed by atoms with Crippen molar-refractivity contribution in [2.75, 3.05) is 22.9 Å². The fraction of sp³-hybridized carbons (Fsp3) is 0.318. The topological polar surface area (TPSA) is 86.1 Å². The highest BCUT2D eigenvalue weighted by Gasteiger charge is 2.39. The normalized spacial score (nSPS) is 18.3. The first-order valence-corrected chi connectivity index (χ1v) is 10.4. The zero-order valence-corrected chi connectivity index (χ0v) is 17.9. The number of carbonyl (C=O) groups excluding carboxylic acids is 1. The maximum Gasteiger partial charge on any atom is 0.433 e. The van der Waals surface area contributed by atoms with Gasteiger partial charge >= 0.3 is 12.2 Å². The number of nitrogens with zero attached hydrogens (tertiary/aromatic N) is 6. The average Bonchev–Trinajstić information content (AvgIpc) is 2.79. The van der Waals surface area contributed by atoms with Crippen molar-refractivity contribution in [3.63, 3.8) is 0 Å². The molecule has 8 nitrogen and oxygen atoms in total. The van der Waals surface area contributed by atoms with E-state index in [0.29, 0.717) is 18.1 Å². The lowest BCUT2D eigenvalue weighted by Gasteiger charge is -2.45. The van der Waals surface area contributed by atoms with E-state index in [1.165, 1.54) is 18.5 Å². The molecule has 33 heavy (non-hydrogen) atoms. The Morgan fingerprint density at radius 1 is 1.33 bits per heavy atom. The van der Waals surface area contributed by atoms with E-state index < -0.39 is 17.9 Å². The Labute approximate surface area is 188 Å². The van der Waals surface area contributed by atoms with Crippen molar-refractivity contribution in [1.29, 1.82) is 0 Å². The summed E-state index contributed by atoms with van der Waals surface area (Å²) < 4.78 is 39.4. The second-order valence-electron chi connectivity index (χ2n) is 7.59. The summed E-state index contributed by atoms with van der Waals surface area (Å²) in [6, 6.07) is 5.28. The van der Waals surface area contributed by atoms with E-state index >= 15 is 0 Å². The number of anilines is 2. The van der Waals surface area contributed by atoms with Crippen molar-refractivity contribution in [2.24, 2.45) is 9.98 Å². The zero-order valence-electron chi connectivity index (χ0n) is 17.9. The molecule has 0 unspecified atom stereocenters. The van der Waals surface area contributed by atoms with Crippen LogP contribution in [0.25, 0.3) is 11.3 Å². The highest BCUT2D eigenvalue weighted by atomic mass is 19.4. The molecule has 4 heterocycles. The predicted octanol–water partition coefficient (Wildman–Crippen LogP) is 4.25. The Hall–Kier alpha value is -3.76. The molecule has 2 aliphatic rings. The second-order valence-corrected chi connectivity index (χ2v) is 7.59. The van der Waals surface area contributed by atoms with Gasteiger partial charge in [-0.25, -0.2) is 14.8 Å². The lowest BCUT2D eigenvalue weighted by atomic mass is 9.99. The third kappa shape index (κ3) is 4.57. The molecular formula is C22H22F3N7O. The number of piperidine rings is 1. The van der Waals surface area contributed by atoms with Gasteiger partial charge in [-0.2, -0.15) is 13.2 Å². The van der Waals surface area contributed by atoms with Crippen LogP contribution in [-0.4, -0.2) is 48.1 Å². The van der Waals surface area contributed by atoms with Gasteiger partial charge in [0.05, 0.1) is 23.6 Å². The van der Waals surface area contributed by atoms with Crippen LogP contribution < -0.4 is 15.1 Å². The molecule has 0 radical (unpaired) electrons. The highest BCUT2D eigenvalue weighted by molar-refractivity contribution is 5.97. The fourth-order valence-corrected chi connectivity index (χ4v) is 4.08. The molecule has 1 N–H and O–H groups in total. The molecular weight excluding hydrogens is 435 g/mol. The number of aromatic nitrogens is 2. The van der Waals surface area contributed by atoms with Gasteiger partial charge in [0, 0.05) is 31.1 Å². The number of nitrogens with one attached hydrogen (secondary N) is 1. The quantitative estimate of drug-likeness (QED) is 0.696. The number of urea groups is 1. The SMILES string of the molecule is C=N/C=C(\N=CC)NC(=O)N1c2nc(-c3ccnc(C(F)(F)F)c3)ccc2N2CCC[C@H]1C2. The molecule has 0 aliphatic carbocycles. The molecule has 2 aromatic heterocycles. The number of hydrogen-bond acceptors (Lipinski definition) is 6. The molecule has 1 atom stereocenters. The van der Waals surface area contributed by atoms with E-state index in [2.05, 4.69) is 36.9 Å². The van der Waals surface area contributed by atoms with Gasteiger partial charge in [0.1, 0.15) is 5.69 Å². The van der Waals surface area contributed by atoms with Gasteiger partial charge < -0.3 is 4.90 Å². The van der Waals surface area contributed by atoms with Gasteiger partial charge in [0.15, 0.2) is 11.6 Å². The summed E-state index contributed by atoms with van der Waals surface area (Å²) in [5.74, 6) is 0.607. The van der Waals surface area contributed by atoms with Crippen molar-refractivity contribution in [1.82, 2.24) is 15.3 Å². The third-order valence-corrected chi connectivity index (χ3v) is 5.47. The number of carbonyl (C=O) groups is 1. The first-order chi connectivity index (χ1) is 15.8. The Balaban J connectivity index is 1.76. The minimum Gasteiger partial charge on any atom is -0.366 e. The number of amides is 2. The number of pyridine rings is 2. The van der Waals surface area contributed by atoms with Gasteiger partial charge in [0.25, 0.3) is 0 Å². The average molecular weight is 457 g/mol. The second kappa shape index (κ2) is 9.00. The Bertz CT molecular complexity index is 1130. The van der Waals surface area contributed by atoms with Crippen molar-refractivity contribution >= 4 is 30.5 Å². The Kier molecular flexibility index (Phi) is 6.12. The van der Waals surface area contributed by atoms with Crippen LogP contribution in [0.4, 0.5) is 29.5 Å². The molecule has 2 aromatic rings. The molecule has 0 aromatic carbocycles. The van der Waals surface area contributed by atoms with Crippen molar-refractivity contribution < 1.29 is 18.0 Å². The molecule has 4 rings (SSSR count). The molecule has 0 saturated carbocycles. The molecule has 2 bridgehead atoms. The standard InChI is InChI=1S/C22H22F3N7O/c1-3-27-19(12-26-2)30-21(33)32-15-5-4-10-31(13-15)17-7-6-16(29-20(17)32)14-8-9-28-18(11-14)22(23,24)25/h3,6-9,11-12,15H,2,4-5,10,13H2,1H3,(H,30,33)/b19-12+,27-3?/t15-/m0/s1. The number of halogens is 3. The van der Waals surface area contributed by atoms with E-state index in [1.54, 1.807) is 24.0 Å². The number of rotatable bonds is 4. The van der Waals surface area contributed by atoms with Crippen LogP contribution in [0.3, 0.4) is 0 Å². The van der Waals surface area contributed by atoms with E-state index in [1.807, 2.05) is 0 Å². The largest absolute Gasteiger partial charge is 0.433 e. The Morgan fingerprint density at radius 2 is 2.15 bits per heavy atom.